The van der Waals surface area contributed by atoms with Gasteiger partial charge in [0.15, 0.2) is 0 Å². The Balaban J connectivity index is 1.89. The fourth-order valence-electron chi connectivity index (χ4n) is 2.76. The van der Waals surface area contributed by atoms with E-state index in [1.807, 2.05) is 24.3 Å². The molecular weight excluding hydrogens is 256 g/mol. The van der Waals surface area contributed by atoms with Crippen LogP contribution in [-0.2, 0) is 5.54 Å². The smallest absolute Gasteiger partial charge is 0.0633 e. The number of anilines is 1. The first-order valence-electron chi connectivity index (χ1n) is 7.19. The van der Waals surface area contributed by atoms with E-state index in [4.69, 9.17) is 11.5 Å². The molecule has 0 radical (unpaired) electrons. The molecule has 3 rings (SSSR count). The van der Waals surface area contributed by atoms with Gasteiger partial charge >= 0.3 is 0 Å². The lowest BCUT2D eigenvalue weighted by Crippen LogP contribution is -2.35. The molecule has 1 atom stereocenters. The number of hydrogen-bond donors (Lipinski definition) is 2. The van der Waals surface area contributed by atoms with E-state index in [9.17, 15) is 0 Å². The van der Waals surface area contributed by atoms with Crippen molar-refractivity contribution in [3.8, 4) is 0 Å². The molecular formula is C19H20N2. The van der Waals surface area contributed by atoms with Crippen LogP contribution in [0.15, 0.2) is 66.8 Å². The van der Waals surface area contributed by atoms with Crippen molar-refractivity contribution >= 4 is 11.3 Å². The van der Waals surface area contributed by atoms with Crippen LogP contribution in [0.4, 0.5) is 5.69 Å². The van der Waals surface area contributed by atoms with E-state index in [1.54, 1.807) is 0 Å². The highest BCUT2D eigenvalue weighted by Crippen LogP contribution is 2.33. The van der Waals surface area contributed by atoms with Gasteiger partial charge in [-0.15, -0.1) is 0 Å². The van der Waals surface area contributed by atoms with Crippen LogP contribution in [0.2, 0.25) is 0 Å². The molecule has 2 nitrogen and oxygen atoms in total. The van der Waals surface area contributed by atoms with Crippen LogP contribution in [0.3, 0.4) is 0 Å². The van der Waals surface area contributed by atoms with Gasteiger partial charge < -0.3 is 11.5 Å². The maximum atomic E-state index is 6.54. The molecule has 0 aromatic heterocycles. The van der Waals surface area contributed by atoms with E-state index in [-0.39, 0.29) is 0 Å². The summed E-state index contributed by atoms with van der Waals surface area (Å²) in [5.74, 6) is 0. The number of allylic oxidation sites excluding steroid dienone is 2. The molecule has 0 saturated carbocycles. The van der Waals surface area contributed by atoms with Crippen molar-refractivity contribution in [1.29, 1.82) is 0 Å². The molecule has 1 aliphatic rings. The second-order valence-corrected chi connectivity index (χ2v) is 5.67. The van der Waals surface area contributed by atoms with E-state index in [0.29, 0.717) is 0 Å². The number of nitrogens with two attached hydrogens (primary N) is 2. The van der Waals surface area contributed by atoms with Gasteiger partial charge in [-0.1, -0.05) is 54.6 Å². The van der Waals surface area contributed by atoms with Crippen molar-refractivity contribution in [2.24, 2.45) is 5.73 Å². The number of nitrogen functional groups attached to an aromatic ring is 1. The molecule has 0 heterocycles. The van der Waals surface area contributed by atoms with Gasteiger partial charge in [-0.2, -0.15) is 0 Å². The highest BCUT2D eigenvalue weighted by Gasteiger charge is 2.25. The van der Waals surface area contributed by atoms with Crippen molar-refractivity contribution in [2.75, 3.05) is 5.73 Å². The summed E-state index contributed by atoms with van der Waals surface area (Å²) in [5, 5.41) is 0. The van der Waals surface area contributed by atoms with E-state index >= 15 is 0 Å². The topological polar surface area (TPSA) is 52.0 Å². The summed E-state index contributed by atoms with van der Waals surface area (Å²) >= 11 is 0. The zero-order valence-electron chi connectivity index (χ0n) is 12.2. The second kappa shape index (κ2) is 5.23. The Morgan fingerprint density at radius 1 is 1.00 bits per heavy atom. The minimum absolute atomic E-state index is 0.445. The fraction of sp³-hybridized carbons (Fsp3) is 0.158. The molecule has 0 aliphatic heterocycles. The second-order valence-electron chi connectivity index (χ2n) is 5.67. The van der Waals surface area contributed by atoms with Crippen LogP contribution >= 0.6 is 0 Å². The highest BCUT2D eigenvalue weighted by atomic mass is 14.7. The van der Waals surface area contributed by atoms with Crippen molar-refractivity contribution < 1.29 is 0 Å². The Kier molecular flexibility index (Phi) is 3.40. The normalized spacial score (nSPS) is 21.1. The zero-order valence-corrected chi connectivity index (χ0v) is 12.2. The Hall–Kier alpha value is -2.32. The average molecular weight is 276 g/mol. The summed E-state index contributed by atoms with van der Waals surface area (Å²) in [5.41, 5.74) is 17.5. The third-order valence-corrected chi connectivity index (χ3v) is 4.12. The lowest BCUT2D eigenvalue weighted by Gasteiger charge is -2.29. The minimum atomic E-state index is -0.445. The third kappa shape index (κ3) is 2.63. The Morgan fingerprint density at radius 2 is 1.71 bits per heavy atom. The number of aryl methyl sites for hydroxylation is 1. The van der Waals surface area contributed by atoms with Crippen LogP contribution in [0.25, 0.3) is 5.57 Å². The molecule has 0 bridgehead atoms. The lowest BCUT2D eigenvalue weighted by atomic mass is 9.81. The summed E-state index contributed by atoms with van der Waals surface area (Å²) in [6, 6.07) is 16.2. The van der Waals surface area contributed by atoms with Crippen LogP contribution in [-0.4, -0.2) is 0 Å². The first-order valence-corrected chi connectivity index (χ1v) is 7.19. The van der Waals surface area contributed by atoms with Gasteiger partial charge in [-0.25, -0.2) is 0 Å². The van der Waals surface area contributed by atoms with Gasteiger partial charge in [-0.05, 0) is 47.7 Å². The average Bonchev–Trinajstić information content (AvgIpc) is 2.49. The zero-order chi connectivity index (χ0) is 14.9. The van der Waals surface area contributed by atoms with E-state index in [1.165, 1.54) is 16.7 Å². The number of hydrogen-bond acceptors (Lipinski definition) is 2. The van der Waals surface area contributed by atoms with Crippen molar-refractivity contribution in [2.45, 2.75) is 18.9 Å². The molecule has 2 aromatic rings. The van der Waals surface area contributed by atoms with Gasteiger partial charge in [0.2, 0.25) is 0 Å². The Bertz CT molecular complexity index is 711. The number of rotatable bonds is 2. The van der Waals surface area contributed by atoms with E-state index in [0.717, 1.165) is 17.7 Å². The lowest BCUT2D eigenvalue weighted by molar-refractivity contribution is 0.567. The third-order valence-electron chi connectivity index (χ3n) is 4.12. The monoisotopic (exact) mass is 276 g/mol. The van der Waals surface area contributed by atoms with Crippen LogP contribution in [0, 0.1) is 6.92 Å². The van der Waals surface area contributed by atoms with Crippen molar-refractivity contribution in [1.82, 2.24) is 0 Å². The van der Waals surface area contributed by atoms with Crippen molar-refractivity contribution in [3.05, 3.63) is 83.4 Å². The largest absolute Gasteiger partial charge is 0.399 e. The highest BCUT2D eigenvalue weighted by molar-refractivity contribution is 5.77. The van der Waals surface area contributed by atoms with Gasteiger partial charge in [0, 0.05) is 5.69 Å². The first-order chi connectivity index (χ1) is 10.1. The summed E-state index contributed by atoms with van der Waals surface area (Å²) in [6.07, 6.45) is 7.23. The van der Waals surface area contributed by atoms with Crippen LogP contribution < -0.4 is 11.5 Å². The molecule has 0 amide bonds. The summed E-state index contributed by atoms with van der Waals surface area (Å²) in [6.45, 7) is 2.13. The Labute approximate surface area is 125 Å². The van der Waals surface area contributed by atoms with Crippen molar-refractivity contribution in [3.63, 3.8) is 0 Å². The van der Waals surface area contributed by atoms with Gasteiger partial charge in [-0.3, -0.25) is 0 Å². The Morgan fingerprint density at radius 3 is 2.33 bits per heavy atom. The quantitative estimate of drug-likeness (QED) is 0.820. The maximum absolute atomic E-state index is 6.54. The first kappa shape index (κ1) is 13.7. The van der Waals surface area contributed by atoms with Gasteiger partial charge in [0.05, 0.1) is 5.54 Å². The van der Waals surface area contributed by atoms with Gasteiger partial charge in [0.25, 0.3) is 0 Å². The molecule has 1 unspecified atom stereocenters. The predicted molar refractivity (Wildman–Crippen MR) is 89.6 cm³/mol. The number of benzene rings is 2. The van der Waals surface area contributed by atoms with E-state index in [2.05, 4.69) is 49.4 Å². The fourth-order valence-corrected chi connectivity index (χ4v) is 2.76. The molecule has 4 N–H and O–H groups in total. The van der Waals surface area contributed by atoms with Gasteiger partial charge in [0.1, 0.15) is 0 Å². The molecule has 1 aliphatic carbocycles. The summed E-state index contributed by atoms with van der Waals surface area (Å²) in [7, 11) is 0. The molecule has 0 fully saturated rings. The molecule has 0 saturated heterocycles. The van der Waals surface area contributed by atoms with Crippen LogP contribution in [0.5, 0.6) is 0 Å². The summed E-state index contributed by atoms with van der Waals surface area (Å²) < 4.78 is 0. The van der Waals surface area contributed by atoms with Crippen LogP contribution in [0.1, 0.15) is 23.1 Å². The molecule has 2 heteroatoms. The predicted octanol–water partition coefficient (Wildman–Crippen LogP) is 3.77. The molecule has 21 heavy (non-hydrogen) atoms. The molecule has 0 spiro atoms. The summed E-state index contributed by atoms with van der Waals surface area (Å²) in [4.78, 5) is 0. The SMILES string of the molecule is Cc1ccccc1C1=CCC(N)(c2ccc(N)cc2)C=C1. The maximum Gasteiger partial charge on any atom is 0.0633 e. The molecule has 2 aromatic carbocycles. The molecule has 106 valence electrons. The standard InChI is InChI=1S/C19H20N2/c1-14-4-2-3-5-18(14)15-10-12-19(21,13-11-15)16-6-8-17(20)9-7-16/h2-12H,13,20-21H2,1H3. The minimum Gasteiger partial charge on any atom is -0.399 e. The van der Waals surface area contributed by atoms with E-state index < -0.39 is 5.54 Å².